The van der Waals surface area contributed by atoms with Gasteiger partial charge in [0.2, 0.25) is 5.91 Å². The number of nitrogens with zero attached hydrogens (tertiary/aromatic N) is 1. The third kappa shape index (κ3) is 2.57. The first-order chi connectivity index (χ1) is 7.25. The van der Waals surface area contributed by atoms with Crippen LogP contribution in [0.1, 0.15) is 28.8 Å². The first-order valence-electron chi connectivity index (χ1n) is 5.37. The van der Waals surface area contributed by atoms with Gasteiger partial charge in [-0.15, -0.1) is 0 Å². The lowest BCUT2D eigenvalue weighted by Gasteiger charge is -2.14. The van der Waals surface area contributed by atoms with Crippen molar-refractivity contribution in [2.75, 3.05) is 13.1 Å². The van der Waals surface area contributed by atoms with Crippen LogP contribution < -0.4 is 5.73 Å². The largest absolute Gasteiger partial charge is 0.366 e. The first-order valence-corrected chi connectivity index (χ1v) is 5.37. The summed E-state index contributed by atoms with van der Waals surface area (Å²) < 4.78 is 0. The zero-order valence-electron chi connectivity index (χ0n) is 8.78. The maximum absolute atomic E-state index is 10.9. The third-order valence-electron chi connectivity index (χ3n) is 2.84. The molecule has 1 aromatic carbocycles. The number of hydrogen-bond donors (Lipinski definition) is 1. The van der Waals surface area contributed by atoms with Gasteiger partial charge >= 0.3 is 0 Å². The van der Waals surface area contributed by atoms with Gasteiger partial charge in [-0.2, -0.15) is 0 Å². The van der Waals surface area contributed by atoms with E-state index in [-0.39, 0.29) is 5.91 Å². The number of hydrogen-bond acceptors (Lipinski definition) is 2. The van der Waals surface area contributed by atoms with Crippen molar-refractivity contribution in [3.8, 4) is 0 Å². The smallest absolute Gasteiger partial charge is 0.248 e. The Bertz CT molecular complexity index is 339. The van der Waals surface area contributed by atoms with E-state index in [1.54, 1.807) is 12.1 Å². The van der Waals surface area contributed by atoms with Gasteiger partial charge in [0.15, 0.2) is 0 Å². The standard InChI is InChI=1S/C12H16N2O/c13-12(15)11-5-3-10(4-6-11)9-14-7-1-2-8-14/h3-6H,1-2,7-9H2,(H2,13,15). The predicted molar refractivity (Wildman–Crippen MR) is 59.5 cm³/mol. The Kier molecular flexibility index (Phi) is 3.02. The quantitative estimate of drug-likeness (QED) is 0.808. The zero-order chi connectivity index (χ0) is 10.7. The second-order valence-electron chi connectivity index (χ2n) is 4.04. The van der Waals surface area contributed by atoms with Gasteiger partial charge in [-0.1, -0.05) is 12.1 Å². The van der Waals surface area contributed by atoms with E-state index in [4.69, 9.17) is 5.73 Å². The molecule has 1 aliphatic heterocycles. The minimum atomic E-state index is -0.359. The Morgan fingerprint density at radius 1 is 1.20 bits per heavy atom. The zero-order valence-corrected chi connectivity index (χ0v) is 8.78. The van der Waals surface area contributed by atoms with Gasteiger partial charge in [0.25, 0.3) is 0 Å². The number of benzene rings is 1. The Labute approximate surface area is 89.9 Å². The lowest BCUT2D eigenvalue weighted by atomic mass is 10.1. The van der Waals surface area contributed by atoms with E-state index in [0.29, 0.717) is 5.56 Å². The number of carbonyl (C=O) groups excluding carboxylic acids is 1. The van der Waals surface area contributed by atoms with Crippen molar-refractivity contribution < 1.29 is 4.79 Å². The third-order valence-corrected chi connectivity index (χ3v) is 2.84. The van der Waals surface area contributed by atoms with Crippen LogP contribution in [0.15, 0.2) is 24.3 Å². The molecule has 1 heterocycles. The number of likely N-dealkylation sites (tertiary alicyclic amines) is 1. The summed E-state index contributed by atoms with van der Waals surface area (Å²) in [5.41, 5.74) is 7.01. The van der Waals surface area contributed by atoms with Crippen LogP contribution in [0.4, 0.5) is 0 Å². The number of amides is 1. The molecule has 0 bridgehead atoms. The Balaban J connectivity index is 2.00. The molecule has 2 rings (SSSR count). The van der Waals surface area contributed by atoms with Gasteiger partial charge in [-0.25, -0.2) is 0 Å². The molecule has 0 unspecified atom stereocenters. The maximum Gasteiger partial charge on any atom is 0.248 e. The van der Waals surface area contributed by atoms with E-state index < -0.39 is 0 Å². The van der Waals surface area contributed by atoms with Crippen LogP contribution >= 0.6 is 0 Å². The van der Waals surface area contributed by atoms with Gasteiger partial charge in [-0.05, 0) is 43.6 Å². The number of carbonyl (C=O) groups is 1. The van der Waals surface area contributed by atoms with Crippen LogP contribution in [0.25, 0.3) is 0 Å². The summed E-state index contributed by atoms with van der Waals surface area (Å²) in [6, 6.07) is 7.57. The normalized spacial score (nSPS) is 16.8. The topological polar surface area (TPSA) is 46.3 Å². The highest BCUT2D eigenvalue weighted by Crippen LogP contribution is 2.13. The SMILES string of the molecule is NC(=O)c1ccc(CN2CCCC2)cc1. The average Bonchev–Trinajstić information content (AvgIpc) is 2.71. The summed E-state index contributed by atoms with van der Waals surface area (Å²) in [6.07, 6.45) is 2.61. The predicted octanol–water partition coefficient (Wildman–Crippen LogP) is 1.38. The van der Waals surface area contributed by atoms with Gasteiger partial charge in [0.1, 0.15) is 0 Å². The van der Waals surface area contributed by atoms with E-state index in [1.807, 2.05) is 12.1 Å². The number of primary amides is 1. The lowest BCUT2D eigenvalue weighted by molar-refractivity contribution is 0.100. The van der Waals surface area contributed by atoms with Gasteiger partial charge < -0.3 is 5.73 Å². The van der Waals surface area contributed by atoms with Crippen molar-refractivity contribution in [3.05, 3.63) is 35.4 Å². The molecule has 0 radical (unpaired) electrons. The number of rotatable bonds is 3. The first kappa shape index (κ1) is 10.2. The van der Waals surface area contributed by atoms with E-state index >= 15 is 0 Å². The molecule has 2 N–H and O–H groups in total. The molecule has 1 saturated heterocycles. The summed E-state index contributed by atoms with van der Waals surface area (Å²) in [5, 5.41) is 0. The summed E-state index contributed by atoms with van der Waals surface area (Å²) in [6.45, 7) is 3.37. The highest BCUT2D eigenvalue weighted by Gasteiger charge is 2.11. The summed E-state index contributed by atoms with van der Waals surface area (Å²) >= 11 is 0. The molecule has 1 aromatic rings. The second kappa shape index (κ2) is 4.45. The molecule has 0 saturated carbocycles. The van der Waals surface area contributed by atoms with Crippen molar-refractivity contribution in [2.45, 2.75) is 19.4 Å². The monoisotopic (exact) mass is 204 g/mol. The molecule has 1 fully saturated rings. The average molecular weight is 204 g/mol. The van der Waals surface area contributed by atoms with Gasteiger partial charge in [0.05, 0.1) is 0 Å². The molecule has 0 aliphatic carbocycles. The van der Waals surface area contributed by atoms with Crippen molar-refractivity contribution in [3.63, 3.8) is 0 Å². The van der Waals surface area contributed by atoms with E-state index in [1.165, 1.54) is 31.5 Å². The maximum atomic E-state index is 10.9. The van der Waals surface area contributed by atoms with Crippen LogP contribution in [0.3, 0.4) is 0 Å². The second-order valence-corrected chi connectivity index (χ2v) is 4.04. The highest BCUT2D eigenvalue weighted by atomic mass is 16.1. The van der Waals surface area contributed by atoms with Crippen molar-refractivity contribution in [2.24, 2.45) is 5.73 Å². The molecule has 1 amide bonds. The van der Waals surface area contributed by atoms with E-state index in [9.17, 15) is 4.79 Å². The molecule has 1 aliphatic rings. The molecule has 80 valence electrons. The van der Waals surface area contributed by atoms with Crippen LogP contribution in [0, 0.1) is 0 Å². The van der Waals surface area contributed by atoms with Crippen LogP contribution in [0.5, 0.6) is 0 Å². The molecule has 0 spiro atoms. The molecular formula is C12H16N2O. The molecule has 3 nitrogen and oxygen atoms in total. The fourth-order valence-electron chi connectivity index (χ4n) is 1.97. The van der Waals surface area contributed by atoms with Crippen LogP contribution in [-0.4, -0.2) is 23.9 Å². The molecule has 15 heavy (non-hydrogen) atoms. The number of nitrogens with two attached hydrogens (primary N) is 1. The van der Waals surface area contributed by atoms with Crippen LogP contribution in [-0.2, 0) is 6.54 Å². The highest BCUT2D eigenvalue weighted by molar-refractivity contribution is 5.92. The van der Waals surface area contributed by atoms with Crippen LogP contribution in [0.2, 0.25) is 0 Å². The Hall–Kier alpha value is -1.35. The molecular weight excluding hydrogens is 188 g/mol. The minimum absolute atomic E-state index is 0.359. The van der Waals surface area contributed by atoms with Crippen molar-refractivity contribution >= 4 is 5.91 Å². The summed E-state index contributed by atoms with van der Waals surface area (Å²) in [5.74, 6) is -0.359. The van der Waals surface area contributed by atoms with E-state index in [0.717, 1.165) is 6.54 Å². The fourth-order valence-corrected chi connectivity index (χ4v) is 1.97. The summed E-state index contributed by atoms with van der Waals surface area (Å²) in [4.78, 5) is 13.3. The summed E-state index contributed by atoms with van der Waals surface area (Å²) in [7, 11) is 0. The van der Waals surface area contributed by atoms with Gasteiger partial charge in [-0.3, -0.25) is 9.69 Å². The lowest BCUT2D eigenvalue weighted by Crippen LogP contribution is -2.18. The van der Waals surface area contributed by atoms with Gasteiger partial charge in [0, 0.05) is 12.1 Å². The molecule has 0 aromatic heterocycles. The van der Waals surface area contributed by atoms with E-state index in [2.05, 4.69) is 4.90 Å². The van der Waals surface area contributed by atoms with Crippen molar-refractivity contribution in [1.29, 1.82) is 0 Å². The fraction of sp³-hybridized carbons (Fsp3) is 0.417. The minimum Gasteiger partial charge on any atom is -0.366 e. The Morgan fingerprint density at radius 2 is 1.80 bits per heavy atom. The Morgan fingerprint density at radius 3 is 2.33 bits per heavy atom. The molecule has 3 heteroatoms. The van der Waals surface area contributed by atoms with Crippen molar-refractivity contribution in [1.82, 2.24) is 4.90 Å². The molecule has 0 atom stereocenters.